The van der Waals surface area contributed by atoms with Gasteiger partial charge in [-0.3, -0.25) is 4.79 Å². The van der Waals surface area contributed by atoms with Gasteiger partial charge in [0.15, 0.2) is 5.78 Å². The number of carbonyl (C=O) groups is 1. The third-order valence-electron chi connectivity index (χ3n) is 8.83. The molecule has 5 aromatic carbocycles. The number of carbonyl (C=O) groups excluding carboxylic acids is 1. The summed E-state index contributed by atoms with van der Waals surface area (Å²) in [4.78, 5) is 13.8. The normalized spacial score (nSPS) is 12.9. The van der Waals surface area contributed by atoms with E-state index in [0.717, 1.165) is 53.9 Å². The van der Waals surface area contributed by atoms with Gasteiger partial charge in [-0.2, -0.15) is 0 Å². The summed E-state index contributed by atoms with van der Waals surface area (Å²) in [6, 6.07) is 39.1. The van der Waals surface area contributed by atoms with Gasteiger partial charge in [0.25, 0.3) is 0 Å². The number of hydrogen-bond acceptors (Lipinski definition) is 4. The third kappa shape index (κ3) is 8.81. The fourth-order valence-electron chi connectivity index (χ4n) is 5.74. The van der Waals surface area contributed by atoms with Gasteiger partial charge in [0.1, 0.15) is 11.5 Å². The molecule has 0 fully saturated rings. The van der Waals surface area contributed by atoms with Crippen molar-refractivity contribution in [2.24, 2.45) is 0 Å². The molecule has 0 heterocycles. The molecule has 246 valence electrons. The molecular weight excluding hydrogens is 625 g/mol. The fourth-order valence-corrected chi connectivity index (χ4v) is 7.07. The molecule has 0 radical (unpaired) electrons. The van der Waals surface area contributed by atoms with Crippen LogP contribution in [-0.2, 0) is 35.5 Å². The SMILES string of the molecule is CC1=CCC=C(S(=O)(=O)c2ccc(CCc3ccc(C(=O)c4ccc(CCc5ccc(Oc6ccc(C)cc6)cc5)cc4)cc3)cc2)C=C1. The molecule has 0 unspecified atom stereocenters. The number of allylic oxidation sites excluding steroid dienone is 5. The van der Waals surface area contributed by atoms with Crippen molar-refractivity contribution in [1.82, 2.24) is 0 Å². The number of hydrogen-bond donors (Lipinski definition) is 0. The van der Waals surface area contributed by atoms with Crippen molar-refractivity contribution in [2.45, 2.75) is 50.8 Å². The Kier molecular flexibility index (Phi) is 10.5. The van der Waals surface area contributed by atoms with Gasteiger partial charge in [-0.25, -0.2) is 8.42 Å². The second-order valence-electron chi connectivity index (χ2n) is 12.6. The molecule has 5 heteroatoms. The van der Waals surface area contributed by atoms with Crippen LogP contribution in [0.15, 0.2) is 161 Å². The van der Waals surface area contributed by atoms with Gasteiger partial charge in [-0.15, -0.1) is 0 Å². The van der Waals surface area contributed by atoms with Crippen molar-refractivity contribution in [3.05, 3.63) is 195 Å². The highest BCUT2D eigenvalue weighted by Crippen LogP contribution is 2.25. The van der Waals surface area contributed by atoms with E-state index in [0.29, 0.717) is 27.3 Å². The summed E-state index contributed by atoms with van der Waals surface area (Å²) < 4.78 is 32.2. The predicted octanol–water partition coefficient (Wildman–Crippen LogP) is 10.2. The highest BCUT2D eigenvalue weighted by molar-refractivity contribution is 7.95. The summed E-state index contributed by atoms with van der Waals surface area (Å²) in [5, 5.41) is 0. The molecule has 0 saturated carbocycles. The lowest BCUT2D eigenvalue weighted by molar-refractivity contribution is 0.103. The van der Waals surface area contributed by atoms with Crippen LogP contribution in [0.5, 0.6) is 11.5 Å². The van der Waals surface area contributed by atoms with Crippen molar-refractivity contribution in [3.63, 3.8) is 0 Å². The number of rotatable bonds is 12. The lowest BCUT2D eigenvalue weighted by Crippen LogP contribution is -2.04. The van der Waals surface area contributed by atoms with E-state index in [4.69, 9.17) is 4.74 Å². The number of aryl methyl sites for hydroxylation is 5. The smallest absolute Gasteiger partial charge is 0.206 e. The molecule has 0 aromatic heterocycles. The summed E-state index contributed by atoms with van der Waals surface area (Å²) in [6.45, 7) is 4.02. The van der Waals surface area contributed by atoms with Crippen LogP contribution < -0.4 is 4.74 Å². The van der Waals surface area contributed by atoms with E-state index >= 15 is 0 Å². The minimum Gasteiger partial charge on any atom is -0.457 e. The maximum absolute atomic E-state index is 13.2. The number of ether oxygens (including phenoxy) is 1. The Morgan fingerprint density at radius 3 is 1.47 bits per heavy atom. The lowest BCUT2D eigenvalue weighted by Gasteiger charge is -2.08. The van der Waals surface area contributed by atoms with E-state index < -0.39 is 9.84 Å². The van der Waals surface area contributed by atoms with Gasteiger partial charge < -0.3 is 4.74 Å². The van der Waals surface area contributed by atoms with Gasteiger partial charge in [-0.1, -0.05) is 114 Å². The summed E-state index contributed by atoms with van der Waals surface area (Å²) in [5.41, 5.74) is 8.18. The summed E-state index contributed by atoms with van der Waals surface area (Å²) in [6.07, 6.45) is 11.2. The summed E-state index contributed by atoms with van der Waals surface area (Å²) in [5.74, 6) is 1.65. The van der Waals surface area contributed by atoms with Crippen LogP contribution in [0.2, 0.25) is 0 Å². The van der Waals surface area contributed by atoms with Crippen LogP contribution in [0.3, 0.4) is 0 Å². The van der Waals surface area contributed by atoms with E-state index in [-0.39, 0.29) is 5.78 Å². The first-order valence-electron chi connectivity index (χ1n) is 16.7. The average Bonchev–Trinajstić information content (AvgIpc) is 3.36. The standard InChI is InChI=1S/C44H40O4S/c1-32-4-3-5-42(29-8-32)49(46,47)43-30-19-37(20-31-43)12-10-35-15-23-39(24-16-35)44(45)38-21-13-34(14-22-38)9-11-36-17-27-41(28-18-36)48-40-25-6-33(2)7-26-40/h4-8,13-31H,3,9-12H2,1-2H3. The maximum atomic E-state index is 13.2. The zero-order valence-corrected chi connectivity index (χ0v) is 28.7. The fraction of sp³-hybridized carbons (Fsp3) is 0.159. The zero-order valence-electron chi connectivity index (χ0n) is 27.9. The van der Waals surface area contributed by atoms with E-state index in [9.17, 15) is 13.2 Å². The quantitative estimate of drug-likeness (QED) is 0.125. The van der Waals surface area contributed by atoms with Crippen LogP contribution in [-0.4, -0.2) is 14.2 Å². The topological polar surface area (TPSA) is 60.4 Å². The maximum Gasteiger partial charge on any atom is 0.206 e. The van der Waals surface area contributed by atoms with E-state index in [1.165, 1.54) is 16.7 Å². The van der Waals surface area contributed by atoms with Crippen molar-refractivity contribution >= 4 is 15.6 Å². The van der Waals surface area contributed by atoms with Crippen molar-refractivity contribution in [3.8, 4) is 11.5 Å². The van der Waals surface area contributed by atoms with Crippen LogP contribution >= 0.6 is 0 Å². The molecule has 5 aromatic rings. The molecule has 6 rings (SSSR count). The van der Waals surface area contributed by atoms with E-state index in [1.807, 2.05) is 116 Å². The first-order valence-corrected chi connectivity index (χ1v) is 18.2. The number of benzene rings is 5. The minimum atomic E-state index is -3.55. The molecule has 0 atom stereocenters. The Morgan fingerprint density at radius 2 is 0.980 bits per heavy atom. The molecule has 0 amide bonds. The lowest BCUT2D eigenvalue weighted by atomic mass is 9.98. The van der Waals surface area contributed by atoms with Crippen molar-refractivity contribution in [2.75, 3.05) is 0 Å². The van der Waals surface area contributed by atoms with Crippen LogP contribution in [0.4, 0.5) is 0 Å². The van der Waals surface area contributed by atoms with Crippen LogP contribution in [0.1, 0.15) is 57.1 Å². The van der Waals surface area contributed by atoms with Crippen molar-refractivity contribution in [1.29, 1.82) is 0 Å². The Morgan fingerprint density at radius 1 is 0.551 bits per heavy atom. The molecule has 0 spiro atoms. The first kappa shape index (κ1) is 33.6. The monoisotopic (exact) mass is 664 g/mol. The molecule has 0 bridgehead atoms. The zero-order chi connectivity index (χ0) is 34.2. The van der Waals surface area contributed by atoms with Crippen LogP contribution in [0, 0.1) is 6.92 Å². The second-order valence-corrected chi connectivity index (χ2v) is 14.5. The molecule has 0 saturated heterocycles. The predicted molar refractivity (Wildman–Crippen MR) is 198 cm³/mol. The van der Waals surface area contributed by atoms with Gasteiger partial charge in [0, 0.05) is 11.1 Å². The summed E-state index contributed by atoms with van der Waals surface area (Å²) in [7, 11) is -3.55. The number of ketones is 1. The number of sulfone groups is 1. The molecular formula is C44H40O4S. The van der Waals surface area contributed by atoms with Gasteiger partial charge in [0.2, 0.25) is 9.84 Å². The molecule has 0 aliphatic heterocycles. The Bertz CT molecular complexity index is 2100. The third-order valence-corrected chi connectivity index (χ3v) is 10.6. The van der Waals surface area contributed by atoms with Crippen molar-refractivity contribution < 1.29 is 17.9 Å². The van der Waals surface area contributed by atoms with E-state index in [2.05, 4.69) is 19.1 Å². The van der Waals surface area contributed by atoms with E-state index in [1.54, 1.807) is 24.3 Å². The molecule has 0 N–H and O–H groups in total. The first-order chi connectivity index (χ1) is 23.7. The largest absolute Gasteiger partial charge is 0.457 e. The Labute approximate surface area is 290 Å². The van der Waals surface area contributed by atoms with Gasteiger partial charge in [0.05, 0.1) is 9.80 Å². The van der Waals surface area contributed by atoms with Crippen LogP contribution in [0.25, 0.3) is 0 Å². The molecule has 49 heavy (non-hydrogen) atoms. The summed E-state index contributed by atoms with van der Waals surface area (Å²) >= 11 is 0. The second kappa shape index (κ2) is 15.3. The molecule has 1 aliphatic rings. The highest BCUT2D eigenvalue weighted by Gasteiger charge is 2.19. The molecule has 4 nitrogen and oxygen atoms in total. The Hall–Kier alpha value is -5.26. The Balaban J connectivity index is 0.980. The minimum absolute atomic E-state index is 0.00336. The molecule has 1 aliphatic carbocycles. The average molecular weight is 665 g/mol. The van der Waals surface area contributed by atoms with Gasteiger partial charge in [-0.05, 0) is 111 Å². The van der Waals surface area contributed by atoms with Gasteiger partial charge >= 0.3 is 0 Å². The highest BCUT2D eigenvalue weighted by atomic mass is 32.2.